The maximum Gasteiger partial charge on any atom is 0.287 e. The molecule has 0 aromatic carbocycles. The standard InChI is InChI=1S/C10H16N2O/c1-3-7-12(8-4-2)10-11-6-5-9-13-10/h3-4H,1-2,5-9H2. The predicted molar refractivity (Wildman–Crippen MR) is 54.8 cm³/mol. The number of ether oxygens (including phenoxy) is 1. The molecule has 0 aromatic heterocycles. The Morgan fingerprint density at radius 1 is 1.38 bits per heavy atom. The summed E-state index contributed by atoms with van der Waals surface area (Å²) in [6.07, 6.45) is 4.69. The maximum absolute atomic E-state index is 5.43. The largest absolute Gasteiger partial charge is 0.465 e. The average molecular weight is 180 g/mol. The van der Waals surface area contributed by atoms with Crippen LogP contribution in [0.25, 0.3) is 0 Å². The number of hydrogen-bond donors (Lipinski definition) is 0. The third-order valence-electron chi connectivity index (χ3n) is 1.75. The second kappa shape index (κ2) is 5.41. The summed E-state index contributed by atoms with van der Waals surface area (Å²) in [4.78, 5) is 6.30. The third kappa shape index (κ3) is 2.93. The van der Waals surface area contributed by atoms with Crippen molar-refractivity contribution in [2.45, 2.75) is 6.42 Å². The van der Waals surface area contributed by atoms with Crippen LogP contribution >= 0.6 is 0 Å². The molecule has 3 nitrogen and oxygen atoms in total. The highest BCUT2D eigenvalue weighted by molar-refractivity contribution is 5.74. The first-order chi connectivity index (χ1) is 6.38. The summed E-state index contributed by atoms with van der Waals surface area (Å²) in [5.74, 6) is 0. The van der Waals surface area contributed by atoms with Gasteiger partial charge in [-0.15, -0.1) is 13.2 Å². The zero-order chi connectivity index (χ0) is 9.52. The van der Waals surface area contributed by atoms with Crippen molar-refractivity contribution in [3.63, 3.8) is 0 Å². The Morgan fingerprint density at radius 3 is 2.54 bits per heavy atom. The van der Waals surface area contributed by atoms with Crippen molar-refractivity contribution in [3.8, 4) is 0 Å². The van der Waals surface area contributed by atoms with Crippen molar-refractivity contribution in [1.29, 1.82) is 0 Å². The lowest BCUT2D eigenvalue weighted by Gasteiger charge is -2.25. The van der Waals surface area contributed by atoms with Gasteiger partial charge in [0.25, 0.3) is 6.02 Å². The van der Waals surface area contributed by atoms with E-state index in [2.05, 4.69) is 18.2 Å². The van der Waals surface area contributed by atoms with Crippen molar-refractivity contribution in [2.24, 2.45) is 4.99 Å². The summed E-state index contributed by atoms with van der Waals surface area (Å²) in [6.45, 7) is 10.5. The molecule has 0 saturated carbocycles. The van der Waals surface area contributed by atoms with Gasteiger partial charge in [0.1, 0.15) is 0 Å². The average Bonchev–Trinajstić information content (AvgIpc) is 2.19. The second-order valence-corrected chi connectivity index (χ2v) is 2.85. The molecule has 0 fully saturated rings. The molecule has 0 atom stereocenters. The lowest BCUT2D eigenvalue weighted by molar-refractivity contribution is 0.225. The minimum Gasteiger partial charge on any atom is -0.465 e. The fourth-order valence-corrected chi connectivity index (χ4v) is 1.18. The van der Waals surface area contributed by atoms with E-state index in [0.717, 1.165) is 38.7 Å². The molecule has 0 bridgehead atoms. The van der Waals surface area contributed by atoms with Crippen molar-refractivity contribution in [3.05, 3.63) is 25.3 Å². The van der Waals surface area contributed by atoms with Crippen LogP contribution in [-0.4, -0.2) is 37.2 Å². The molecule has 1 aliphatic rings. The molecule has 0 saturated heterocycles. The molecule has 0 unspecified atom stereocenters. The van der Waals surface area contributed by atoms with Gasteiger partial charge in [-0.05, 0) is 0 Å². The first-order valence-electron chi connectivity index (χ1n) is 4.52. The van der Waals surface area contributed by atoms with Gasteiger partial charge >= 0.3 is 0 Å². The van der Waals surface area contributed by atoms with Gasteiger partial charge in [0.2, 0.25) is 0 Å². The van der Waals surface area contributed by atoms with E-state index < -0.39 is 0 Å². The number of amidine groups is 1. The number of aliphatic imine (C=N–C) groups is 1. The summed E-state index contributed by atoms with van der Waals surface area (Å²) < 4.78 is 5.43. The zero-order valence-electron chi connectivity index (χ0n) is 7.91. The third-order valence-corrected chi connectivity index (χ3v) is 1.75. The lowest BCUT2D eigenvalue weighted by atomic mass is 10.4. The van der Waals surface area contributed by atoms with E-state index >= 15 is 0 Å². The molecule has 3 heteroatoms. The van der Waals surface area contributed by atoms with E-state index in [-0.39, 0.29) is 0 Å². The van der Waals surface area contributed by atoms with Crippen molar-refractivity contribution in [2.75, 3.05) is 26.2 Å². The number of nitrogens with zero attached hydrogens (tertiary/aromatic N) is 2. The highest BCUT2D eigenvalue weighted by Gasteiger charge is 2.12. The molecular formula is C10H16N2O. The predicted octanol–water partition coefficient (Wildman–Crippen LogP) is 1.44. The normalized spacial score (nSPS) is 15.5. The molecular weight excluding hydrogens is 164 g/mol. The second-order valence-electron chi connectivity index (χ2n) is 2.85. The Balaban J connectivity index is 2.55. The van der Waals surface area contributed by atoms with E-state index in [1.165, 1.54) is 0 Å². The highest BCUT2D eigenvalue weighted by atomic mass is 16.5. The smallest absolute Gasteiger partial charge is 0.287 e. The van der Waals surface area contributed by atoms with Crippen LogP contribution in [0, 0.1) is 0 Å². The van der Waals surface area contributed by atoms with Crippen LogP contribution in [0.2, 0.25) is 0 Å². The van der Waals surface area contributed by atoms with Crippen LogP contribution in [0.1, 0.15) is 6.42 Å². The Kier molecular flexibility index (Phi) is 4.09. The molecule has 1 heterocycles. The van der Waals surface area contributed by atoms with Gasteiger partial charge < -0.3 is 9.64 Å². The first-order valence-corrected chi connectivity index (χ1v) is 4.52. The van der Waals surface area contributed by atoms with Crippen LogP contribution in [0.15, 0.2) is 30.3 Å². The summed E-state index contributed by atoms with van der Waals surface area (Å²) >= 11 is 0. The molecule has 0 radical (unpaired) electrons. The summed E-state index contributed by atoms with van der Waals surface area (Å²) in [5, 5.41) is 0. The minimum atomic E-state index is 0.728. The van der Waals surface area contributed by atoms with Gasteiger partial charge in [-0.1, -0.05) is 12.2 Å². The van der Waals surface area contributed by atoms with Gasteiger partial charge in [0.15, 0.2) is 0 Å². The summed E-state index contributed by atoms with van der Waals surface area (Å²) in [7, 11) is 0. The molecule has 13 heavy (non-hydrogen) atoms. The first kappa shape index (κ1) is 9.84. The summed E-state index contributed by atoms with van der Waals surface area (Å²) in [6, 6.07) is 0.728. The van der Waals surface area contributed by atoms with E-state index in [1.54, 1.807) is 0 Å². The molecule has 72 valence electrons. The van der Waals surface area contributed by atoms with Crippen LogP contribution in [0.4, 0.5) is 0 Å². The van der Waals surface area contributed by atoms with Gasteiger partial charge in [0, 0.05) is 26.1 Å². The maximum atomic E-state index is 5.43. The SMILES string of the molecule is C=CCN(CC=C)C1=NCCCO1. The molecule has 0 amide bonds. The monoisotopic (exact) mass is 180 g/mol. The van der Waals surface area contributed by atoms with Crippen molar-refractivity contribution in [1.82, 2.24) is 4.90 Å². The van der Waals surface area contributed by atoms with Crippen molar-refractivity contribution >= 4 is 6.02 Å². The van der Waals surface area contributed by atoms with Crippen LogP contribution in [0.5, 0.6) is 0 Å². The molecule has 0 aromatic rings. The molecule has 1 rings (SSSR count). The van der Waals surface area contributed by atoms with E-state index in [4.69, 9.17) is 4.74 Å². The Labute approximate surface area is 79.4 Å². The Bertz CT molecular complexity index is 201. The van der Waals surface area contributed by atoms with Crippen molar-refractivity contribution < 1.29 is 4.74 Å². The van der Waals surface area contributed by atoms with Crippen LogP contribution in [-0.2, 0) is 4.74 Å². The fourth-order valence-electron chi connectivity index (χ4n) is 1.18. The molecule has 0 N–H and O–H groups in total. The van der Waals surface area contributed by atoms with Crippen LogP contribution in [0.3, 0.4) is 0 Å². The topological polar surface area (TPSA) is 24.8 Å². The highest BCUT2D eigenvalue weighted by Crippen LogP contribution is 2.02. The van der Waals surface area contributed by atoms with Gasteiger partial charge in [-0.2, -0.15) is 0 Å². The van der Waals surface area contributed by atoms with Gasteiger partial charge in [0.05, 0.1) is 6.61 Å². The van der Waals surface area contributed by atoms with E-state index in [0.29, 0.717) is 0 Å². The summed E-state index contributed by atoms with van der Waals surface area (Å²) in [5.41, 5.74) is 0. The van der Waals surface area contributed by atoms with Gasteiger partial charge in [-0.3, -0.25) is 0 Å². The Hall–Kier alpha value is -1.25. The quantitative estimate of drug-likeness (QED) is 0.611. The Morgan fingerprint density at radius 2 is 2.08 bits per heavy atom. The molecule has 0 spiro atoms. The molecule has 1 aliphatic heterocycles. The van der Waals surface area contributed by atoms with E-state index in [9.17, 15) is 0 Å². The fraction of sp³-hybridized carbons (Fsp3) is 0.500. The number of rotatable bonds is 4. The number of hydrogen-bond acceptors (Lipinski definition) is 3. The van der Waals surface area contributed by atoms with Gasteiger partial charge in [-0.25, -0.2) is 4.99 Å². The lowest BCUT2D eigenvalue weighted by Crippen LogP contribution is -2.35. The molecule has 0 aliphatic carbocycles. The van der Waals surface area contributed by atoms with Crippen LogP contribution < -0.4 is 0 Å². The minimum absolute atomic E-state index is 0.728. The zero-order valence-corrected chi connectivity index (χ0v) is 7.91. The van der Waals surface area contributed by atoms with E-state index in [1.807, 2.05) is 17.1 Å².